The summed E-state index contributed by atoms with van der Waals surface area (Å²) in [4.78, 5) is 4.44. The van der Waals surface area contributed by atoms with Crippen LogP contribution in [0.25, 0.3) is 0 Å². The molecule has 1 aromatic rings. The van der Waals surface area contributed by atoms with Crippen molar-refractivity contribution in [2.24, 2.45) is 4.99 Å². The molecule has 0 aromatic heterocycles. The zero-order valence-electron chi connectivity index (χ0n) is 11.5. The summed E-state index contributed by atoms with van der Waals surface area (Å²) in [6.07, 6.45) is 2.34. The van der Waals surface area contributed by atoms with E-state index in [1.54, 1.807) is 7.11 Å². The van der Waals surface area contributed by atoms with E-state index in [1.165, 1.54) is 18.4 Å². The van der Waals surface area contributed by atoms with Crippen LogP contribution in [0.2, 0.25) is 0 Å². The topological polar surface area (TPSA) is 45.6 Å². The number of hydrogen-bond acceptors (Lipinski definition) is 4. The third-order valence-electron chi connectivity index (χ3n) is 3.95. The second kappa shape index (κ2) is 5.11. The maximum Gasteiger partial charge on any atom is 0.191 e. The molecule has 1 heterocycles. The molecule has 4 heteroatoms. The van der Waals surface area contributed by atoms with Crippen LogP contribution in [0.4, 0.5) is 0 Å². The number of methoxy groups -OCH3 is 1. The van der Waals surface area contributed by atoms with Crippen molar-refractivity contribution < 1.29 is 4.74 Å². The fraction of sp³-hybridized carbons (Fsp3) is 0.533. The fourth-order valence-corrected chi connectivity index (χ4v) is 2.74. The normalized spacial score (nSPS) is 29.2. The Morgan fingerprint density at radius 3 is 2.89 bits per heavy atom. The number of rotatable bonds is 3. The van der Waals surface area contributed by atoms with Crippen LogP contribution in [0, 0.1) is 0 Å². The van der Waals surface area contributed by atoms with E-state index in [-0.39, 0.29) is 0 Å². The van der Waals surface area contributed by atoms with Gasteiger partial charge in [-0.25, -0.2) is 0 Å². The molecule has 1 aromatic carbocycles. The van der Waals surface area contributed by atoms with E-state index in [9.17, 15) is 0 Å². The van der Waals surface area contributed by atoms with Crippen molar-refractivity contribution in [2.75, 3.05) is 13.7 Å². The van der Waals surface area contributed by atoms with Crippen LogP contribution in [0.1, 0.15) is 31.2 Å². The van der Waals surface area contributed by atoms with Crippen LogP contribution in [0.3, 0.4) is 0 Å². The lowest BCUT2D eigenvalue weighted by Crippen LogP contribution is -2.48. The molecule has 1 fully saturated rings. The van der Waals surface area contributed by atoms with Gasteiger partial charge in [0.15, 0.2) is 5.96 Å². The van der Waals surface area contributed by atoms with Crippen molar-refractivity contribution in [3.63, 3.8) is 0 Å². The first-order chi connectivity index (χ1) is 9.24. The lowest BCUT2D eigenvalue weighted by Gasteiger charge is -2.36. The summed E-state index contributed by atoms with van der Waals surface area (Å²) in [6, 6.07) is 9.42. The van der Waals surface area contributed by atoms with Crippen LogP contribution < -0.4 is 15.4 Å². The zero-order chi connectivity index (χ0) is 13.2. The molecule has 1 aliphatic carbocycles. The quantitative estimate of drug-likeness (QED) is 0.871. The molecular weight excluding hydrogens is 238 g/mol. The first-order valence-corrected chi connectivity index (χ1v) is 6.96. The lowest BCUT2D eigenvalue weighted by atomic mass is 9.76. The van der Waals surface area contributed by atoms with E-state index in [4.69, 9.17) is 4.74 Å². The molecule has 1 unspecified atom stereocenters. The highest BCUT2D eigenvalue weighted by molar-refractivity contribution is 5.82. The predicted octanol–water partition coefficient (Wildman–Crippen LogP) is 1.88. The molecule has 0 bridgehead atoms. The first kappa shape index (κ1) is 12.3. The highest BCUT2D eigenvalue weighted by Gasteiger charge is 2.31. The first-order valence-electron chi connectivity index (χ1n) is 6.96. The summed E-state index contributed by atoms with van der Waals surface area (Å²) < 4.78 is 5.28. The molecule has 0 amide bonds. The molecule has 2 aliphatic rings. The van der Waals surface area contributed by atoms with Crippen molar-refractivity contribution in [1.29, 1.82) is 0 Å². The number of benzene rings is 1. The maximum absolute atomic E-state index is 5.28. The minimum absolute atomic E-state index is 0.469. The van der Waals surface area contributed by atoms with Crippen molar-refractivity contribution in [2.45, 2.75) is 37.8 Å². The van der Waals surface area contributed by atoms with Crippen LogP contribution in [0.15, 0.2) is 29.3 Å². The summed E-state index contributed by atoms with van der Waals surface area (Å²) in [7, 11) is 1.72. The van der Waals surface area contributed by atoms with Gasteiger partial charge in [0.05, 0.1) is 13.7 Å². The number of nitrogens with one attached hydrogen (secondary N) is 2. The molecule has 2 N–H and O–H groups in total. The molecule has 1 aliphatic heterocycles. The third kappa shape index (κ3) is 2.67. The van der Waals surface area contributed by atoms with Gasteiger partial charge in [-0.2, -0.15) is 0 Å². The summed E-state index contributed by atoms with van der Waals surface area (Å²) >= 11 is 0. The zero-order valence-corrected chi connectivity index (χ0v) is 11.5. The Balaban J connectivity index is 1.52. The molecule has 1 atom stereocenters. The number of aliphatic imine (C=N–C) groups is 1. The highest BCUT2D eigenvalue weighted by atomic mass is 16.5. The van der Waals surface area contributed by atoms with Gasteiger partial charge < -0.3 is 15.4 Å². The minimum atomic E-state index is 0.469. The van der Waals surface area contributed by atoms with Crippen LogP contribution >= 0.6 is 0 Å². The highest BCUT2D eigenvalue weighted by Crippen LogP contribution is 2.37. The molecule has 1 saturated carbocycles. The monoisotopic (exact) mass is 259 g/mol. The SMILES string of the molecule is COc1cccc(C2CC(NC3=NCC(C)N3)C2)c1. The standard InChI is InChI=1S/C15H21N3O/c1-10-9-16-15(17-10)18-13-6-12(7-13)11-4-3-5-14(8-11)19-2/h3-5,8,10,12-13H,6-7,9H2,1-2H3,(H2,16,17,18). The Labute approximate surface area is 114 Å². The summed E-state index contributed by atoms with van der Waals surface area (Å²) in [5.74, 6) is 2.57. The average molecular weight is 259 g/mol. The molecule has 0 saturated heterocycles. The predicted molar refractivity (Wildman–Crippen MR) is 76.8 cm³/mol. The summed E-state index contributed by atoms with van der Waals surface area (Å²) in [5, 5.41) is 6.83. The van der Waals surface area contributed by atoms with Gasteiger partial charge in [0, 0.05) is 12.1 Å². The van der Waals surface area contributed by atoms with Crippen LogP contribution in [-0.4, -0.2) is 31.7 Å². The van der Waals surface area contributed by atoms with E-state index < -0.39 is 0 Å². The minimum Gasteiger partial charge on any atom is -0.497 e. The smallest absolute Gasteiger partial charge is 0.191 e. The maximum atomic E-state index is 5.28. The van der Waals surface area contributed by atoms with E-state index in [0.717, 1.165) is 18.3 Å². The molecule has 19 heavy (non-hydrogen) atoms. The van der Waals surface area contributed by atoms with E-state index in [1.807, 2.05) is 6.07 Å². The van der Waals surface area contributed by atoms with Crippen molar-refractivity contribution >= 4 is 5.96 Å². The van der Waals surface area contributed by atoms with E-state index in [0.29, 0.717) is 18.0 Å². The van der Waals surface area contributed by atoms with Gasteiger partial charge in [-0.1, -0.05) is 12.1 Å². The lowest BCUT2D eigenvalue weighted by molar-refractivity contribution is 0.321. The Hall–Kier alpha value is -1.71. The summed E-state index contributed by atoms with van der Waals surface area (Å²) in [5.41, 5.74) is 1.38. The summed E-state index contributed by atoms with van der Waals surface area (Å²) in [6.45, 7) is 3.03. The van der Waals surface area contributed by atoms with Gasteiger partial charge in [0.2, 0.25) is 0 Å². The van der Waals surface area contributed by atoms with Gasteiger partial charge in [-0.15, -0.1) is 0 Å². The van der Waals surface area contributed by atoms with Crippen molar-refractivity contribution in [3.05, 3.63) is 29.8 Å². The van der Waals surface area contributed by atoms with E-state index >= 15 is 0 Å². The number of ether oxygens (including phenoxy) is 1. The van der Waals surface area contributed by atoms with Crippen molar-refractivity contribution in [1.82, 2.24) is 10.6 Å². The van der Waals surface area contributed by atoms with Gasteiger partial charge in [-0.3, -0.25) is 4.99 Å². The van der Waals surface area contributed by atoms with Gasteiger partial charge in [0.25, 0.3) is 0 Å². The average Bonchev–Trinajstić information content (AvgIpc) is 2.79. The Bertz CT molecular complexity index is 480. The second-order valence-corrected chi connectivity index (χ2v) is 5.52. The molecule has 102 valence electrons. The van der Waals surface area contributed by atoms with E-state index in [2.05, 4.69) is 40.7 Å². The van der Waals surface area contributed by atoms with Crippen LogP contribution in [0.5, 0.6) is 5.75 Å². The molecule has 3 rings (SSSR count). The Morgan fingerprint density at radius 2 is 2.21 bits per heavy atom. The number of guanidine groups is 1. The molecule has 0 radical (unpaired) electrons. The molecule has 4 nitrogen and oxygen atoms in total. The Morgan fingerprint density at radius 1 is 1.37 bits per heavy atom. The van der Waals surface area contributed by atoms with Gasteiger partial charge >= 0.3 is 0 Å². The molecule has 0 spiro atoms. The molecular formula is C15H21N3O. The van der Waals surface area contributed by atoms with Crippen LogP contribution in [-0.2, 0) is 0 Å². The Kier molecular flexibility index (Phi) is 3.32. The third-order valence-corrected chi connectivity index (χ3v) is 3.95. The largest absolute Gasteiger partial charge is 0.497 e. The number of hydrogen-bond donors (Lipinski definition) is 2. The number of nitrogens with zero attached hydrogens (tertiary/aromatic N) is 1. The van der Waals surface area contributed by atoms with Gasteiger partial charge in [-0.05, 0) is 43.4 Å². The van der Waals surface area contributed by atoms with Gasteiger partial charge in [0.1, 0.15) is 5.75 Å². The fourth-order valence-electron chi connectivity index (χ4n) is 2.74. The second-order valence-electron chi connectivity index (χ2n) is 5.52. The van der Waals surface area contributed by atoms with Crippen molar-refractivity contribution in [3.8, 4) is 5.75 Å².